The second-order valence-corrected chi connectivity index (χ2v) is 4.93. The van der Waals surface area contributed by atoms with Crippen LogP contribution in [0.25, 0.3) is 0 Å². The molecule has 0 saturated carbocycles. The summed E-state index contributed by atoms with van der Waals surface area (Å²) in [6, 6.07) is 10.4. The van der Waals surface area contributed by atoms with Crippen molar-refractivity contribution in [1.29, 1.82) is 0 Å². The molecule has 23 heavy (non-hydrogen) atoms. The Morgan fingerprint density at radius 3 is 2.83 bits per heavy atom. The van der Waals surface area contributed by atoms with Gasteiger partial charge >= 0.3 is 0 Å². The molecule has 124 valence electrons. The Kier molecular flexibility index (Phi) is 7.13. The van der Waals surface area contributed by atoms with Crippen molar-refractivity contribution in [3.63, 3.8) is 0 Å². The van der Waals surface area contributed by atoms with Crippen molar-refractivity contribution in [3.8, 4) is 0 Å². The van der Waals surface area contributed by atoms with Crippen LogP contribution < -0.4 is 10.6 Å². The summed E-state index contributed by atoms with van der Waals surface area (Å²) in [6.45, 7) is 2.21. The molecule has 0 aliphatic rings. The molecule has 1 aromatic heterocycles. The van der Waals surface area contributed by atoms with Crippen molar-refractivity contribution >= 4 is 5.96 Å². The summed E-state index contributed by atoms with van der Waals surface area (Å²) in [5, 5.41) is 6.25. The smallest absolute Gasteiger partial charge is 0.191 e. The molecule has 1 aromatic carbocycles. The highest BCUT2D eigenvalue weighted by Crippen LogP contribution is 2.05. The van der Waals surface area contributed by atoms with Crippen LogP contribution in [0.2, 0.25) is 0 Å². The predicted molar refractivity (Wildman–Crippen MR) is 87.6 cm³/mol. The first-order valence-corrected chi connectivity index (χ1v) is 7.57. The van der Waals surface area contributed by atoms with Crippen LogP contribution in [0.5, 0.6) is 0 Å². The van der Waals surface area contributed by atoms with Gasteiger partial charge in [0.05, 0.1) is 6.26 Å². The van der Waals surface area contributed by atoms with E-state index in [0.29, 0.717) is 31.3 Å². The van der Waals surface area contributed by atoms with Crippen molar-refractivity contribution in [2.24, 2.45) is 4.99 Å². The zero-order chi connectivity index (χ0) is 16.3. The lowest BCUT2D eigenvalue weighted by molar-refractivity contribution is 0.105. The van der Waals surface area contributed by atoms with Crippen LogP contribution >= 0.6 is 0 Å². The van der Waals surface area contributed by atoms with Gasteiger partial charge in [0.15, 0.2) is 5.96 Å². The number of hydrogen-bond donors (Lipinski definition) is 2. The van der Waals surface area contributed by atoms with Gasteiger partial charge in [-0.1, -0.05) is 18.2 Å². The van der Waals surface area contributed by atoms with Crippen LogP contribution in [0.1, 0.15) is 17.7 Å². The average molecular weight is 319 g/mol. The molecule has 5 nitrogen and oxygen atoms in total. The molecule has 0 aliphatic carbocycles. The van der Waals surface area contributed by atoms with Gasteiger partial charge in [0, 0.05) is 32.3 Å². The van der Waals surface area contributed by atoms with Gasteiger partial charge in [0.2, 0.25) is 0 Å². The third-order valence-corrected chi connectivity index (χ3v) is 3.21. The maximum atomic E-state index is 13.5. The van der Waals surface area contributed by atoms with Gasteiger partial charge in [0.25, 0.3) is 0 Å². The Bertz CT molecular complexity index is 600. The highest BCUT2D eigenvalue weighted by atomic mass is 19.1. The van der Waals surface area contributed by atoms with Crippen LogP contribution in [0, 0.1) is 5.82 Å². The van der Waals surface area contributed by atoms with Crippen molar-refractivity contribution in [3.05, 3.63) is 59.8 Å². The van der Waals surface area contributed by atoms with Crippen molar-refractivity contribution in [1.82, 2.24) is 10.6 Å². The first kappa shape index (κ1) is 17.0. The van der Waals surface area contributed by atoms with Gasteiger partial charge in [0.1, 0.15) is 18.2 Å². The maximum absolute atomic E-state index is 13.5. The van der Waals surface area contributed by atoms with Gasteiger partial charge in [-0.3, -0.25) is 4.99 Å². The van der Waals surface area contributed by atoms with E-state index in [2.05, 4.69) is 15.6 Å². The molecule has 0 fully saturated rings. The van der Waals surface area contributed by atoms with Crippen LogP contribution in [-0.4, -0.2) is 26.2 Å². The first-order chi connectivity index (χ1) is 11.3. The minimum atomic E-state index is -0.221. The first-order valence-electron chi connectivity index (χ1n) is 7.57. The minimum Gasteiger partial charge on any atom is -0.467 e. The van der Waals surface area contributed by atoms with Gasteiger partial charge < -0.3 is 19.8 Å². The average Bonchev–Trinajstić information content (AvgIpc) is 3.08. The van der Waals surface area contributed by atoms with E-state index in [-0.39, 0.29) is 5.82 Å². The van der Waals surface area contributed by atoms with Crippen LogP contribution in [0.15, 0.2) is 52.1 Å². The van der Waals surface area contributed by atoms with Crippen LogP contribution in [0.4, 0.5) is 4.39 Å². The summed E-state index contributed by atoms with van der Waals surface area (Å²) >= 11 is 0. The Hall–Kier alpha value is -2.34. The lowest BCUT2D eigenvalue weighted by atomic mass is 10.2. The number of benzene rings is 1. The highest BCUT2D eigenvalue weighted by Gasteiger charge is 2.02. The van der Waals surface area contributed by atoms with Crippen molar-refractivity contribution in [2.75, 3.05) is 20.2 Å². The molecule has 0 aliphatic heterocycles. The summed E-state index contributed by atoms with van der Waals surface area (Å²) in [5.41, 5.74) is 0.609. The summed E-state index contributed by atoms with van der Waals surface area (Å²) in [6.07, 6.45) is 2.46. The third kappa shape index (κ3) is 6.12. The Morgan fingerprint density at radius 2 is 2.09 bits per heavy atom. The number of rotatable bonds is 8. The lowest BCUT2D eigenvalue weighted by Gasteiger charge is -2.12. The van der Waals surface area contributed by atoms with E-state index in [9.17, 15) is 4.39 Å². The van der Waals surface area contributed by atoms with Crippen molar-refractivity contribution < 1.29 is 13.5 Å². The zero-order valence-electron chi connectivity index (χ0n) is 13.2. The number of furan rings is 1. The van der Waals surface area contributed by atoms with Gasteiger partial charge in [-0.2, -0.15) is 0 Å². The van der Waals surface area contributed by atoms with Crippen LogP contribution in [-0.2, 0) is 17.9 Å². The van der Waals surface area contributed by atoms with E-state index in [4.69, 9.17) is 9.15 Å². The molecule has 0 amide bonds. The quantitative estimate of drug-likeness (QED) is 0.446. The molecule has 0 saturated heterocycles. The molecule has 0 spiro atoms. The number of halogens is 1. The molecule has 0 radical (unpaired) electrons. The van der Waals surface area contributed by atoms with Gasteiger partial charge in [-0.25, -0.2) is 4.39 Å². The monoisotopic (exact) mass is 319 g/mol. The standard InChI is InChI=1S/C17H22FN3O2/c1-19-17(21-12-14-6-2-3-8-16(14)18)20-9-5-10-22-13-15-7-4-11-23-15/h2-4,6-8,11H,5,9-10,12-13H2,1H3,(H2,19,20,21). The summed E-state index contributed by atoms with van der Waals surface area (Å²) in [4.78, 5) is 4.11. The second kappa shape index (κ2) is 9.63. The Labute approximate surface area is 135 Å². The van der Waals surface area contributed by atoms with Gasteiger partial charge in [-0.15, -0.1) is 0 Å². The molecule has 0 bridgehead atoms. The zero-order valence-corrected chi connectivity index (χ0v) is 13.2. The number of ether oxygens (including phenoxy) is 1. The highest BCUT2D eigenvalue weighted by molar-refractivity contribution is 5.79. The number of nitrogens with one attached hydrogen (secondary N) is 2. The molecule has 0 unspecified atom stereocenters. The molecule has 2 rings (SSSR count). The predicted octanol–water partition coefficient (Wildman–Crippen LogP) is 2.69. The number of aliphatic imine (C=N–C) groups is 1. The minimum absolute atomic E-state index is 0.221. The molecule has 1 heterocycles. The SMILES string of the molecule is CN=C(NCCCOCc1ccco1)NCc1ccccc1F. The molecular weight excluding hydrogens is 297 g/mol. The van der Waals surface area contributed by atoms with E-state index in [1.807, 2.05) is 18.2 Å². The van der Waals surface area contributed by atoms with E-state index >= 15 is 0 Å². The van der Waals surface area contributed by atoms with E-state index in [1.54, 1.807) is 25.4 Å². The normalized spacial score (nSPS) is 11.5. The van der Waals surface area contributed by atoms with E-state index in [0.717, 1.165) is 18.7 Å². The molecular formula is C17H22FN3O2. The fourth-order valence-electron chi connectivity index (χ4n) is 1.99. The van der Waals surface area contributed by atoms with Crippen LogP contribution in [0.3, 0.4) is 0 Å². The fraction of sp³-hybridized carbons (Fsp3) is 0.353. The Balaban J connectivity index is 1.59. The summed E-state index contributed by atoms with van der Waals surface area (Å²) in [7, 11) is 1.68. The molecule has 0 atom stereocenters. The second-order valence-electron chi connectivity index (χ2n) is 4.93. The molecule has 2 aromatic rings. The third-order valence-electron chi connectivity index (χ3n) is 3.21. The summed E-state index contributed by atoms with van der Waals surface area (Å²) in [5.74, 6) is 1.24. The van der Waals surface area contributed by atoms with E-state index < -0.39 is 0 Å². The number of nitrogens with zero attached hydrogens (tertiary/aromatic N) is 1. The van der Waals surface area contributed by atoms with Gasteiger partial charge in [-0.05, 0) is 24.6 Å². The summed E-state index contributed by atoms with van der Waals surface area (Å²) < 4.78 is 24.2. The maximum Gasteiger partial charge on any atom is 0.191 e. The molecule has 2 N–H and O–H groups in total. The molecule has 6 heteroatoms. The lowest BCUT2D eigenvalue weighted by Crippen LogP contribution is -2.37. The van der Waals surface area contributed by atoms with E-state index in [1.165, 1.54) is 6.07 Å². The van der Waals surface area contributed by atoms with Crippen molar-refractivity contribution in [2.45, 2.75) is 19.6 Å². The number of guanidine groups is 1. The Morgan fingerprint density at radius 1 is 1.22 bits per heavy atom. The fourth-order valence-corrected chi connectivity index (χ4v) is 1.99. The number of hydrogen-bond acceptors (Lipinski definition) is 3. The largest absolute Gasteiger partial charge is 0.467 e. The topological polar surface area (TPSA) is 58.8 Å².